The Morgan fingerprint density at radius 3 is 2.55 bits per heavy atom. The zero-order valence-electron chi connectivity index (χ0n) is 21.5. The zero-order valence-corrected chi connectivity index (χ0v) is 23.2. The number of sulfonamides is 1. The molecule has 1 N–H and O–H groups in total. The first-order valence-corrected chi connectivity index (χ1v) is 14.8. The van der Waals surface area contributed by atoms with Gasteiger partial charge in [-0.1, -0.05) is 18.2 Å². The van der Waals surface area contributed by atoms with Crippen molar-refractivity contribution in [1.29, 1.82) is 0 Å². The fourth-order valence-electron chi connectivity index (χ4n) is 4.35. The number of rotatable bonds is 8. The van der Waals surface area contributed by atoms with Gasteiger partial charge in [0.25, 0.3) is 5.56 Å². The Hall–Kier alpha value is -3.91. The molecule has 0 bridgehead atoms. The summed E-state index contributed by atoms with van der Waals surface area (Å²) in [5, 5.41) is 14.2. The molecule has 4 aromatic rings. The van der Waals surface area contributed by atoms with Crippen LogP contribution >= 0.6 is 11.3 Å². The molecular formula is C27H26N4O7S2. The largest absolute Gasteiger partial charge is 0.494 e. The van der Waals surface area contributed by atoms with E-state index in [9.17, 15) is 23.1 Å². The third-order valence-electron chi connectivity index (χ3n) is 6.28. The highest BCUT2D eigenvalue weighted by atomic mass is 32.2. The molecule has 0 amide bonds. The van der Waals surface area contributed by atoms with Gasteiger partial charge in [0.1, 0.15) is 0 Å². The van der Waals surface area contributed by atoms with E-state index in [0.29, 0.717) is 34.8 Å². The van der Waals surface area contributed by atoms with Gasteiger partial charge in [-0.25, -0.2) is 23.0 Å². The molecule has 1 aliphatic heterocycles. The first kappa shape index (κ1) is 27.6. The van der Waals surface area contributed by atoms with E-state index in [1.54, 1.807) is 36.6 Å². The number of morpholine rings is 1. The number of hydrogen-bond acceptors (Lipinski definition) is 10. The minimum atomic E-state index is -3.72. The molecule has 2 aromatic heterocycles. The molecule has 0 radical (unpaired) electrons. The molecule has 5 rings (SSSR count). The maximum Gasteiger partial charge on any atom is 0.311 e. The van der Waals surface area contributed by atoms with Gasteiger partial charge >= 0.3 is 5.97 Å². The summed E-state index contributed by atoms with van der Waals surface area (Å²) in [7, 11) is -3.72. The Bertz CT molecular complexity index is 1740. The summed E-state index contributed by atoms with van der Waals surface area (Å²) >= 11 is 1.22. The second-order valence-corrected chi connectivity index (χ2v) is 11.6. The van der Waals surface area contributed by atoms with Gasteiger partial charge in [-0.2, -0.15) is 4.31 Å². The molecule has 0 unspecified atom stereocenters. The van der Waals surface area contributed by atoms with Crippen LogP contribution < -0.4 is 5.56 Å². The number of benzene rings is 2. The SMILES string of the molecule is CCOC(=O)Cc1csc(N=Cc2c(O)n(-c3ccc(S(=O)(=O)N4CCOCC4)cc3)c(=O)c3ccccc23)n1. The molecule has 11 nitrogen and oxygen atoms in total. The molecule has 13 heteroatoms. The Morgan fingerprint density at radius 2 is 1.85 bits per heavy atom. The van der Waals surface area contributed by atoms with E-state index in [1.807, 2.05) is 0 Å². The summed E-state index contributed by atoms with van der Waals surface area (Å²) < 4.78 is 38.7. The van der Waals surface area contributed by atoms with Crippen LogP contribution in [-0.4, -0.2) is 72.5 Å². The number of ether oxygens (including phenoxy) is 2. The van der Waals surface area contributed by atoms with Gasteiger partial charge in [0.15, 0.2) is 0 Å². The fourth-order valence-corrected chi connectivity index (χ4v) is 6.42. The summed E-state index contributed by atoms with van der Waals surface area (Å²) in [5.41, 5.74) is 0.610. The third-order valence-corrected chi connectivity index (χ3v) is 8.99. The van der Waals surface area contributed by atoms with E-state index in [1.165, 1.54) is 46.1 Å². The fraction of sp³-hybridized carbons (Fsp3) is 0.259. The Labute approximate surface area is 234 Å². The van der Waals surface area contributed by atoms with Crippen molar-refractivity contribution in [3.8, 4) is 11.6 Å². The quantitative estimate of drug-likeness (QED) is 0.247. The highest BCUT2D eigenvalue weighted by molar-refractivity contribution is 7.89. The lowest BCUT2D eigenvalue weighted by Gasteiger charge is -2.26. The molecule has 0 atom stereocenters. The minimum Gasteiger partial charge on any atom is -0.494 e. The van der Waals surface area contributed by atoms with Crippen LogP contribution in [-0.2, 0) is 30.7 Å². The van der Waals surface area contributed by atoms with Crippen LogP contribution in [0.3, 0.4) is 0 Å². The van der Waals surface area contributed by atoms with Crippen molar-refractivity contribution in [3.63, 3.8) is 0 Å². The molecule has 208 valence electrons. The number of fused-ring (bicyclic) bond motifs is 1. The summed E-state index contributed by atoms with van der Waals surface area (Å²) in [6.45, 7) is 3.20. The second-order valence-electron chi connectivity index (χ2n) is 8.80. The predicted molar refractivity (Wildman–Crippen MR) is 150 cm³/mol. The zero-order chi connectivity index (χ0) is 28.3. The molecule has 0 spiro atoms. The smallest absolute Gasteiger partial charge is 0.311 e. The number of pyridine rings is 1. The predicted octanol–water partition coefficient (Wildman–Crippen LogP) is 3.03. The van der Waals surface area contributed by atoms with Crippen molar-refractivity contribution in [2.24, 2.45) is 4.99 Å². The highest BCUT2D eigenvalue weighted by Gasteiger charge is 2.26. The van der Waals surface area contributed by atoms with E-state index in [0.717, 1.165) is 4.57 Å². The van der Waals surface area contributed by atoms with Crippen LogP contribution in [0.25, 0.3) is 16.5 Å². The van der Waals surface area contributed by atoms with Gasteiger partial charge < -0.3 is 14.6 Å². The average molecular weight is 583 g/mol. The average Bonchev–Trinajstić information content (AvgIpc) is 3.41. The normalized spacial score (nSPS) is 14.6. The number of thiazole rings is 1. The molecular weight excluding hydrogens is 556 g/mol. The first-order chi connectivity index (χ1) is 19.3. The Balaban J connectivity index is 1.51. The molecule has 1 aliphatic rings. The number of hydrogen-bond donors (Lipinski definition) is 1. The molecule has 0 aliphatic carbocycles. The maximum atomic E-state index is 13.4. The lowest BCUT2D eigenvalue weighted by molar-refractivity contribution is -0.142. The first-order valence-electron chi connectivity index (χ1n) is 12.5. The summed E-state index contributed by atoms with van der Waals surface area (Å²) in [4.78, 5) is 34.0. The number of aromatic nitrogens is 2. The van der Waals surface area contributed by atoms with Crippen molar-refractivity contribution < 1.29 is 27.8 Å². The van der Waals surface area contributed by atoms with Crippen LogP contribution in [0, 0.1) is 0 Å². The molecule has 0 saturated carbocycles. The van der Waals surface area contributed by atoms with Crippen LogP contribution in [0.1, 0.15) is 18.2 Å². The minimum absolute atomic E-state index is 0.0240. The van der Waals surface area contributed by atoms with Gasteiger partial charge in [0.2, 0.25) is 21.0 Å². The lowest BCUT2D eigenvalue weighted by Crippen LogP contribution is -2.40. The van der Waals surface area contributed by atoms with E-state index >= 15 is 0 Å². The van der Waals surface area contributed by atoms with Crippen molar-refractivity contribution in [3.05, 3.63) is 75.5 Å². The van der Waals surface area contributed by atoms with Crippen LogP contribution in [0.2, 0.25) is 0 Å². The topological polar surface area (TPSA) is 140 Å². The van der Waals surface area contributed by atoms with Crippen LogP contribution in [0.4, 0.5) is 5.13 Å². The van der Waals surface area contributed by atoms with Crippen molar-refractivity contribution in [2.45, 2.75) is 18.2 Å². The highest BCUT2D eigenvalue weighted by Crippen LogP contribution is 2.28. The standard InChI is InChI=1S/C27H26N4O7S2/c1-2-38-24(32)15-18-17-39-27(29-18)28-16-23-21-5-3-4-6-22(21)25(33)31(26(23)34)19-7-9-20(10-8-19)40(35,36)30-11-13-37-14-12-30/h3-10,16-17,34H,2,11-15H2,1H3. The van der Waals surface area contributed by atoms with Gasteiger partial charge in [-0.3, -0.25) is 9.59 Å². The third kappa shape index (κ3) is 5.54. The van der Waals surface area contributed by atoms with Crippen molar-refractivity contribution >= 4 is 49.4 Å². The Kier molecular flexibility index (Phi) is 8.07. The number of carbonyl (C=O) groups is 1. The number of esters is 1. The maximum absolute atomic E-state index is 13.4. The second kappa shape index (κ2) is 11.7. The summed E-state index contributed by atoms with van der Waals surface area (Å²) in [6.07, 6.45) is 1.44. The monoisotopic (exact) mass is 582 g/mol. The van der Waals surface area contributed by atoms with E-state index in [-0.39, 0.29) is 54.1 Å². The number of aromatic hydroxyl groups is 1. The van der Waals surface area contributed by atoms with Crippen LogP contribution in [0.5, 0.6) is 5.88 Å². The van der Waals surface area contributed by atoms with Gasteiger partial charge in [0, 0.05) is 35.5 Å². The van der Waals surface area contributed by atoms with Crippen LogP contribution in [0.15, 0.2) is 68.6 Å². The molecule has 1 fully saturated rings. The van der Waals surface area contributed by atoms with Gasteiger partial charge in [-0.05, 0) is 37.3 Å². The van der Waals surface area contributed by atoms with Crippen molar-refractivity contribution in [2.75, 3.05) is 32.9 Å². The van der Waals surface area contributed by atoms with E-state index in [4.69, 9.17) is 9.47 Å². The number of carbonyl (C=O) groups excluding carboxylic acids is 1. The molecule has 3 heterocycles. The molecule has 2 aromatic carbocycles. The van der Waals surface area contributed by atoms with Gasteiger partial charge in [-0.15, -0.1) is 11.3 Å². The van der Waals surface area contributed by atoms with Gasteiger partial charge in [0.05, 0.1) is 48.1 Å². The van der Waals surface area contributed by atoms with E-state index < -0.39 is 15.6 Å². The molecule has 1 saturated heterocycles. The summed E-state index contributed by atoms with van der Waals surface area (Å²) in [6, 6.07) is 12.6. The Morgan fingerprint density at radius 1 is 1.15 bits per heavy atom. The number of nitrogens with zero attached hydrogens (tertiary/aromatic N) is 4. The van der Waals surface area contributed by atoms with E-state index in [2.05, 4.69) is 9.98 Å². The van der Waals surface area contributed by atoms with Crippen molar-refractivity contribution in [1.82, 2.24) is 13.9 Å². The summed E-state index contributed by atoms with van der Waals surface area (Å²) in [5.74, 6) is -0.748. The molecule has 40 heavy (non-hydrogen) atoms. The number of aliphatic imine (C=N–C) groups is 1. The lowest BCUT2D eigenvalue weighted by atomic mass is 10.1.